The number of methoxy groups -OCH3 is 1. The number of halogens is 1. The Kier molecular flexibility index (Phi) is 7.48. The van der Waals surface area contributed by atoms with Crippen LogP contribution in [0.3, 0.4) is 0 Å². The summed E-state index contributed by atoms with van der Waals surface area (Å²) in [6.07, 6.45) is 2.62. The highest BCUT2D eigenvalue weighted by Crippen LogP contribution is 2.30. The van der Waals surface area contributed by atoms with Gasteiger partial charge in [-0.15, -0.1) is 0 Å². The van der Waals surface area contributed by atoms with E-state index in [1.807, 2.05) is 31.2 Å². The van der Waals surface area contributed by atoms with Crippen molar-refractivity contribution in [2.24, 2.45) is 0 Å². The lowest BCUT2D eigenvalue weighted by Crippen LogP contribution is -2.10. The Labute approximate surface area is 187 Å². The molecule has 0 atom stereocenters. The third kappa shape index (κ3) is 6.21. The zero-order chi connectivity index (χ0) is 22.2. The van der Waals surface area contributed by atoms with Gasteiger partial charge in [-0.3, -0.25) is 4.79 Å². The van der Waals surface area contributed by atoms with Gasteiger partial charge in [-0.2, -0.15) is 5.26 Å². The number of carbonyl (C=O) groups is 1. The van der Waals surface area contributed by atoms with Crippen LogP contribution in [0, 0.1) is 18.3 Å². The van der Waals surface area contributed by atoms with Crippen LogP contribution in [0.15, 0.2) is 66.7 Å². The first-order valence-corrected chi connectivity index (χ1v) is 10.2. The molecule has 5 heteroatoms. The van der Waals surface area contributed by atoms with Gasteiger partial charge in [0.25, 0.3) is 0 Å². The summed E-state index contributed by atoms with van der Waals surface area (Å²) < 4.78 is 10.9. The summed E-state index contributed by atoms with van der Waals surface area (Å²) in [5, 5.41) is 10.1. The Morgan fingerprint density at radius 1 is 1.03 bits per heavy atom. The maximum atomic E-state index is 12.3. The van der Waals surface area contributed by atoms with Crippen molar-refractivity contribution in [2.45, 2.75) is 19.8 Å². The highest BCUT2D eigenvalue weighted by molar-refractivity contribution is 6.30. The summed E-state index contributed by atoms with van der Waals surface area (Å²) in [5.74, 6) is 0.436. The van der Waals surface area contributed by atoms with Gasteiger partial charge in [-0.25, -0.2) is 0 Å². The Hall–Kier alpha value is -3.55. The molecule has 0 saturated carbocycles. The number of allylic oxidation sites excluding steroid dienone is 1. The van der Waals surface area contributed by atoms with Crippen LogP contribution in [-0.4, -0.2) is 13.1 Å². The Morgan fingerprint density at radius 2 is 1.74 bits per heavy atom. The van der Waals surface area contributed by atoms with Crippen molar-refractivity contribution in [1.82, 2.24) is 0 Å². The first kappa shape index (κ1) is 22.1. The van der Waals surface area contributed by atoms with Gasteiger partial charge < -0.3 is 9.47 Å². The number of hydrogen-bond acceptors (Lipinski definition) is 4. The van der Waals surface area contributed by atoms with Crippen molar-refractivity contribution in [1.29, 1.82) is 5.26 Å². The molecule has 0 radical (unpaired) electrons. The molecule has 0 aliphatic rings. The van der Waals surface area contributed by atoms with Crippen molar-refractivity contribution in [2.75, 3.05) is 7.11 Å². The number of rotatable bonds is 7. The van der Waals surface area contributed by atoms with E-state index in [1.54, 1.807) is 48.5 Å². The smallest absolute Gasteiger partial charge is 0.311 e. The molecule has 4 nitrogen and oxygen atoms in total. The van der Waals surface area contributed by atoms with Gasteiger partial charge in [0.15, 0.2) is 11.5 Å². The van der Waals surface area contributed by atoms with Crippen molar-refractivity contribution < 1.29 is 14.3 Å². The topological polar surface area (TPSA) is 59.3 Å². The number of carbonyl (C=O) groups excluding carboxylic acids is 1. The fraction of sp³-hybridized carbons (Fsp3) is 0.154. The monoisotopic (exact) mass is 431 g/mol. The molecule has 0 N–H and O–H groups in total. The van der Waals surface area contributed by atoms with E-state index in [0.29, 0.717) is 28.5 Å². The molecule has 0 spiro atoms. The Balaban J connectivity index is 1.71. The highest BCUT2D eigenvalue weighted by atomic mass is 35.5. The number of ether oxygens (including phenoxy) is 2. The molecule has 3 aromatic carbocycles. The van der Waals surface area contributed by atoms with Gasteiger partial charge >= 0.3 is 5.97 Å². The minimum absolute atomic E-state index is 0.267. The predicted octanol–water partition coefficient (Wildman–Crippen LogP) is 6.26. The average molecular weight is 432 g/mol. The fourth-order valence-corrected chi connectivity index (χ4v) is 3.14. The molecule has 0 amide bonds. The van der Waals surface area contributed by atoms with Gasteiger partial charge in [0.05, 0.1) is 18.8 Å². The van der Waals surface area contributed by atoms with Crippen molar-refractivity contribution >= 4 is 29.2 Å². The van der Waals surface area contributed by atoms with E-state index in [-0.39, 0.29) is 12.4 Å². The third-order valence-electron chi connectivity index (χ3n) is 4.74. The summed E-state index contributed by atoms with van der Waals surface area (Å²) in [7, 11) is 1.51. The van der Waals surface area contributed by atoms with Crippen LogP contribution in [0.1, 0.15) is 28.7 Å². The van der Waals surface area contributed by atoms with Crippen LogP contribution in [-0.2, 0) is 11.2 Å². The molecule has 0 fully saturated rings. The van der Waals surface area contributed by atoms with E-state index in [9.17, 15) is 10.1 Å². The van der Waals surface area contributed by atoms with Crippen LogP contribution in [0.2, 0.25) is 5.02 Å². The van der Waals surface area contributed by atoms with Gasteiger partial charge in [0, 0.05) is 11.4 Å². The molecular formula is C26H22ClNO3. The summed E-state index contributed by atoms with van der Waals surface area (Å²) in [5.41, 5.74) is 4.27. The number of hydrogen-bond donors (Lipinski definition) is 0. The molecule has 0 bridgehead atoms. The molecule has 3 aromatic rings. The summed E-state index contributed by atoms with van der Waals surface area (Å²) in [4.78, 5) is 12.3. The summed E-state index contributed by atoms with van der Waals surface area (Å²) in [6.45, 7) is 2.03. The third-order valence-corrected chi connectivity index (χ3v) is 4.99. The van der Waals surface area contributed by atoms with E-state index in [1.165, 1.54) is 12.7 Å². The van der Waals surface area contributed by atoms with Gasteiger partial charge in [-0.05, 0) is 60.4 Å². The van der Waals surface area contributed by atoms with E-state index in [4.69, 9.17) is 21.1 Å². The van der Waals surface area contributed by atoms with Crippen molar-refractivity contribution in [3.63, 3.8) is 0 Å². The molecule has 0 aromatic heterocycles. The zero-order valence-electron chi connectivity index (χ0n) is 17.4. The minimum Gasteiger partial charge on any atom is -0.493 e. The second-order valence-electron chi connectivity index (χ2n) is 7.05. The fourth-order valence-electron chi connectivity index (χ4n) is 3.01. The van der Waals surface area contributed by atoms with Crippen LogP contribution in [0.4, 0.5) is 0 Å². The minimum atomic E-state index is -0.332. The lowest BCUT2D eigenvalue weighted by atomic mass is 10.0. The second-order valence-corrected chi connectivity index (χ2v) is 7.48. The Bertz CT molecular complexity index is 1130. The van der Waals surface area contributed by atoms with Gasteiger partial charge in [0.2, 0.25) is 0 Å². The molecule has 0 saturated heterocycles. The first-order chi connectivity index (χ1) is 15.0. The number of aryl methyl sites for hydroxylation is 2. The number of nitrogens with zero attached hydrogens (tertiary/aromatic N) is 1. The maximum Gasteiger partial charge on any atom is 0.311 e. The molecule has 0 aliphatic carbocycles. The SMILES string of the molecule is COc1cc(/C=C(/C#N)c2ccc(Cl)cc2)ccc1OC(=O)CCc1ccc(C)cc1. The molecular weight excluding hydrogens is 410 g/mol. The molecule has 3 rings (SSSR count). The van der Waals surface area contributed by atoms with Gasteiger partial charge in [-0.1, -0.05) is 59.6 Å². The van der Waals surface area contributed by atoms with Crippen LogP contribution in [0.5, 0.6) is 11.5 Å². The standard InChI is InChI=1S/C26H22ClNO3/c1-18-3-5-19(6-4-18)8-14-26(29)31-24-13-7-20(16-25(24)30-2)15-22(17-28)21-9-11-23(27)12-10-21/h3-7,9-13,15-16H,8,14H2,1-2H3/b22-15-. The van der Waals surface area contributed by atoms with Crippen LogP contribution >= 0.6 is 11.6 Å². The lowest BCUT2D eigenvalue weighted by Gasteiger charge is -2.10. The average Bonchev–Trinajstić information content (AvgIpc) is 2.78. The van der Waals surface area contributed by atoms with Crippen LogP contribution < -0.4 is 9.47 Å². The van der Waals surface area contributed by atoms with E-state index < -0.39 is 0 Å². The predicted molar refractivity (Wildman–Crippen MR) is 123 cm³/mol. The van der Waals surface area contributed by atoms with E-state index in [2.05, 4.69) is 6.07 Å². The molecule has 31 heavy (non-hydrogen) atoms. The van der Waals surface area contributed by atoms with E-state index >= 15 is 0 Å². The number of nitriles is 1. The quantitative estimate of drug-likeness (QED) is 0.192. The summed E-state index contributed by atoms with van der Waals surface area (Å²) >= 11 is 5.92. The molecule has 0 aliphatic heterocycles. The number of benzene rings is 3. The van der Waals surface area contributed by atoms with Crippen molar-refractivity contribution in [3.05, 3.63) is 94.0 Å². The first-order valence-electron chi connectivity index (χ1n) is 9.80. The summed E-state index contributed by atoms with van der Waals surface area (Å²) in [6, 6.07) is 22.5. The molecule has 0 heterocycles. The van der Waals surface area contributed by atoms with Gasteiger partial charge in [0.1, 0.15) is 0 Å². The van der Waals surface area contributed by atoms with E-state index in [0.717, 1.165) is 16.7 Å². The lowest BCUT2D eigenvalue weighted by molar-refractivity contribution is -0.134. The molecule has 0 unspecified atom stereocenters. The molecule has 156 valence electrons. The number of esters is 1. The Morgan fingerprint density at radius 3 is 2.39 bits per heavy atom. The largest absolute Gasteiger partial charge is 0.493 e. The zero-order valence-corrected chi connectivity index (χ0v) is 18.1. The normalized spacial score (nSPS) is 11.0. The van der Waals surface area contributed by atoms with Crippen molar-refractivity contribution in [3.8, 4) is 17.6 Å². The maximum absolute atomic E-state index is 12.3. The van der Waals surface area contributed by atoms with Crippen LogP contribution in [0.25, 0.3) is 11.6 Å². The highest BCUT2D eigenvalue weighted by Gasteiger charge is 2.12. The second kappa shape index (κ2) is 10.5.